The summed E-state index contributed by atoms with van der Waals surface area (Å²) in [4.78, 5) is 11.5. The zero-order valence-electron chi connectivity index (χ0n) is 11.1. The molecule has 1 amide bonds. The van der Waals surface area contributed by atoms with E-state index >= 15 is 0 Å². The zero-order valence-corrected chi connectivity index (χ0v) is 11.9. The third-order valence-electron chi connectivity index (χ3n) is 2.81. The lowest BCUT2D eigenvalue weighted by Crippen LogP contribution is -2.37. The molecule has 1 aromatic rings. The van der Waals surface area contributed by atoms with E-state index in [1.165, 1.54) is 5.56 Å². The Kier molecular flexibility index (Phi) is 9.33. The van der Waals surface area contributed by atoms with Crippen molar-refractivity contribution in [3.63, 3.8) is 0 Å². The number of benzene rings is 1. The van der Waals surface area contributed by atoms with Crippen molar-refractivity contribution in [3.05, 3.63) is 35.9 Å². The number of likely N-dealkylation sites (N-methyl/N-ethyl adjacent to an activating group) is 1. The molecular formula is C14H23ClN2O. The van der Waals surface area contributed by atoms with Gasteiger partial charge in [-0.3, -0.25) is 4.79 Å². The third-order valence-corrected chi connectivity index (χ3v) is 2.81. The molecule has 1 unspecified atom stereocenters. The quantitative estimate of drug-likeness (QED) is 0.797. The summed E-state index contributed by atoms with van der Waals surface area (Å²) in [5.74, 6) is 0.142. The lowest BCUT2D eigenvalue weighted by atomic mass is 10.1. The van der Waals surface area contributed by atoms with Crippen LogP contribution in [0.4, 0.5) is 0 Å². The van der Waals surface area contributed by atoms with Gasteiger partial charge in [-0.2, -0.15) is 0 Å². The van der Waals surface area contributed by atoms with Crippen LogP contribution in [0.5, 0.6) is 0 Å². The molecule has 0 bridgehead atoms. The van der Waals surface area contributed by atoms with Gasteiger partial charge in [0, 0.05) is 19.0 Å². The Balaban J connectivity index is 0.00000289. The second-order valence-electron chi connectivity index (χ2n) is 4.33. The zero-order chi connectivity index (χ0) is 12.5. The summed E-state index contributed by atoms with van der Waals surface area (Å²) < 4.78 is 0. The van der Waals surface area contributed by atoms with Crippen molar-refractivity contribution in [2.24, 2.45) is 0 Å². The molecule has 0 aliphatic carbocycles. The SMILES string of the molecule is CNC(C)CNC(=O)CCCc1ccccc1.Cl. The largest absolute Gasteiger partial charge is 0.355 e. The van der Waals surface area contributed by atoms with E-state index in [1.54, 1.807) is 0 Å². The van der Waals surface area contributed by atoms with Crippen LogP contribution in [0.3, 0.4) is 0 Å². The Morgan fingerprint density at radius 3 is 2.56 bits per heavy atom. The molecule has 1 aromatic carbocycles. The van der Waals surface area contributed by atoms with Crippen LogP contribution in [0.25, 0.3) is 0 Å². The van der Waals surface area contributed by atoms with Gasteiger partial charge >= 0.3 is 0 Å². The first-order valence-corrected chi connectivity index (χ1v) is 6.20. The summed E-state index contributed by atoms with van der Waals surface area (Å²) in [7, 11) is 1.90. The minimum Gasteiger partial charge on any atom is -0.355 e. The number of carbonyl (C=O) groups excluding carboxylic acids is 1. The number of hydrogen-bond donors (Lipinski definition) is 2. The molecule has 4 heteroatoms. The lowest BCUT2D eigenvalue weighted by molar-refractivity contribution is -0.121. The van der Waals surface area contributed by atoms with Crippen molar-refractivity contribution in [2.75, 3.05) is 13.6 Å². The molecule has 0 saturated carbocycles. The molecule has 1 atom stereocenters. The summed E-state index contributed by atoms with van der Waals surface area (Å²) in [5.41, 5.74) is 1.30. The van der Waals surface area contributed by atoms with Crippen molar-refractivity contribution in [2.45, 2.75) is 32.2 Å². The van der Waals surface area contributed by atoms with E-state index in [1.807, 2.05) is 32.2 Å². The van der Waals surface area contributed by atoms with Gasteiger partial charge in [-0.05, 0) is 32.4 Å². The Labute approximate surface area is 116 Å². The molecule has 3 nitrogen and oxygen atoms in total. The van der Waals surface area contributed by atoms with E-state index in [0.29, 0.717) is 19.0 Å². The number of amides is 1. The highest BCUT2D eigenvalue weighted by molar-refractivity contribution is 5.85. The van der Waals surface area contributed by atoms with Crippen molar-refractivity contribution in [3.8, 4) is 0 Å². The average Bonchev–Trinajstić information content (AvgIpc) is 2.37. The molecule has 0 heterocycles. The molecule has 0 aliphatic heterocycles. The van der Waals surface area contributed by atoms with E-state index < -0.39 is 0 Å². The summed E-state index contributed by atoms with van der Waals surface area (Å²) in [6, 6.07) is 10.6. The van der Waals surface area contributed by atoms with Gasteiger partial charge in [0.05, 0.1) is 0 Å². The van der Waals surface area contributed by atoms with Crippen molar-refractivity contribution in [1.29, 1.82) is 0 Å². The van der Waals surface area contributed by atoms with Gasteiger partial charge in [-0.25, -0.2) is 0 Å². The first-order chi connectivity index (χ1) is 8.22. The van der Waals surface area contributed by atoms with Crippen molar-refractivity contribution >= 4 is 18.3 Å². The fourth-order valence-corrected chi connectivity index (χ4v) is 1.56. The fraction of sp³-hybridized carbons (Fsp3) is 0.500. The maximum absolute atomic E-state index is 11.5. The molecule has 102 valence electrons. The molecule has 0 fully saturated rings. The lowest BCUT2D eigenvalue weighted by Gasteiger charge is -2.11. The monoisotopic (exact) mass is 270 g/mol. The normalized spacial score (nSPS) is 11.4. The minimum absolute atomic E-state index is 0. The van der Waals surface area contributed by atoms with Crippen LogP contribution in [0.2, 0.25) is 0 Å². The van der Waals surface area contributed by atoms with Crippen LogP contribution in [0.15, 0.2) is 30.3 Å². The molecule has 1 rings (SSSR count). The fourth-order valence-electron chi connectivity index (χ4n) is 1.56. The summed E-state index contributed by atoms with van der Waals surface area (Å²) in [5, 5.41) is 6.01. The van der Waals surface area contributed by atoms with Crippen LogP contribution in [-0.4, -0.2) is 25.5 Å². The molecule has 0 spiro atoms. The minimum atomic E-state index is 0. The maximum Gasteiger partial charge on any atom is 0.220 e. The van der Waals surface area contributed by atoms with Gasteiger partial charge in [0.1, 0.15) is 0 Å². The Bertz CT molecular complexity index is 330. The molecule has 0 saturated heterocycles. The first-order valence-electron chi connectivity index (χ1n) is 6.20. The summed E-state index contributed by atoms with van der Waals surface area (Å²) in [6.45, 7) is 2.74. The molecule has 0 aliphatic rings. The van der Waals surface area contributed by atoms with Crippen LogP contribution in [0, 0.1) is 0 Å². The van der Waals surface area contributed by atoms with E-state index in [2.05, 4.69) is 22.8 Å². The van der Waals surface area contributed by atoms with E-state index in [-0.39, 0.29) is 18.3 Å². The number of aryl methyl sites for hydroxylation is 1. The van der Waals surface area contributed by atoms with Crippen LogP contribution in [-0.2, 0) is 11.2 Å². The van der Waals surface area contributed by atoms with E-state index in [9.17, 15) is 4.79 Å². The topological polar surface area (TPSA) is 41.1 Å². The highest BCUT2D eigenvalue weighted by Gasteiger charge is 2.03. The van der Waals surface area contributed by atoms with Gasteiger partial charge < -0.3 is 10.6 Å². The number of rotatable bonds is 7. The van der Waals surface area contributed by atoms with Crippen molar-refractivity contribution in [1.82, 2.24) is 10.6 Å². The molecule has 0 radical (unpaired) electrons. The highest BCUT2D eigenvalue weighted by atomic mass is 35.5. The maximum atomic E-state index is 11.5. The molecule has 2 N–H and O–H groups in total. The molecule has 0 aromatic heterocycles. The van der Waals surface area contributed by atoms with Gasteiger partial charge in [-0.15, -0.1) is 12.4 Å². The number of nitrogens with one attached hydrogen (secondary N) is 2. The van der Waals surface area contributed by atoms with E-state index in [0.717, 1.165) is 12.8 Å². The smallest absolute Gasteiger partial charge is 0.220 e. The Hall–Kier alpha value is -1.06. The van der Waals surface area contributed by atoms with E-state index in [4.69, 9.17) is 0 Å². The average molecular weight is 271 g/mol. The predicted molar refractivity (Wildman–Crippen MR) is 78.2 cm³/mol. The second kappa shape index (κ2) is 9.92. The van der Waals surface area contributed by atoms with Gasteiger partial charge in [0.15, 0.2) is 0 Å². The van der Waals surface area contributed by atoms with Crippen molar-refractivity contribution < 1.29 is 4.79 Å². The first kappa shape index (κ1) is 16.9. The number of halogens is 1. The van der Waals surface area contributed by atoms with Crippen LogP contribution in [0.1, 0.15) is 25.3 Å². The summed E-state index contributed by atoms with van der Waals surface area (Å²) >= 11 is 0. The summed E-state index contributed by atoms with van der Waals surface area (Å²) in [6.07, 6.45) is 2.48. The standard InChI is InChI=1S/C14H22N2O.ClH/c1-12(15-2)11-16-14(17)10-6-9-13-7-4-3-5-8-13;/h3-5,7-8,12,15H,6,9-11H2,1-2H3,(H,16,17);1H. The molecular weight excluding hydrogens is 248 g/mol. The Morgan fingerprint density at radius 1 is 1.28 bits per heavy atom. The highest BCUT2D eigenvalue weighted by Crippen LogP contribution is 2.04. The van der Waals surface area contributed by atoms with Gasteiger partial charge in [-0.1, -0.05) is 30.3 Å². The van der Waals surface area contributed by atoms with Gasteiger partial charge in [0.25, 0.3) is 0 Å². The van der Waals surface area contributed by atoms with Gasteiger partial charge in [0.2, 0.25) is 5.91 Å². The predicted octanol–water partition coefficient (Wildman–Crippen LogP) is 2.16. The number of hydrogen-bond acceptors (Lipinski definition) is 2. The van der Waals surface area contributed by atoms with Crippen LogP contribution < -0.4 is 10.6 Å². The third kappa shape index (κ3) is 7.30. The number of carbonyl (C=O) groups is 1. The Morgan fingerprint density at radius 2 is 1.94 bits per heavy atom. The van der Waals surface area contributed by atoms with Crippen LogP contribution >= 0.6 is 12.4 Å². The molecule has 18 heavy (non-hydrogen) atoms. The second-order valence-corrected chi connectivity index (χ2v) is 4.33.